The first-order valence-corrected chi connectivity index (χ1v) is 9.06. The van der Waals surface area contributed by atoms with Gasteiger partial charge in [-0.15, -0.1) is 0 Å². The van der Waals surface area contributed by atoms with Crippen molar-refractivity contribution >= 4 is 17.6 Å². The van der Waals surface area contributed by atoms with Crippen LogP contribution in [0.15, 0.2) is 18.2 Å². The predicted molar refractivity (Wildman–Crippen MR) is 95.1 cm³/mol. The first-order chi connectivity index (χ1) is 11.6. The molecule has 1 aliphatic heterocycles. The second-order valence-corrected chi connectivity index (χ2v) is 6.88. The second-order valence-electron chi connectivity index (χ2n) is 6.88. The molecule has 3 rings (SSSR count). The van der Waals surface area contributed by atoms with Crippen LogP contribution in [0.5, 0.6) is 0 Å². The number of hydrogen-bond donors (Lipinski definition) is 2. The molecule has 1 aromatic carbocycles. The van der Waals surface area contributed by atoms with Crippen molar-refractivity contribution in [3.8, 4) is 0 Å². The molecule has 0 spiro atoms. The van der Waals surface area contributed by atoms with Gasteiger partial charge in [0.2, 0.25) is 5.91 Å². The standard InChI is InChI=1S/C19H27N3O2/c1-3-13-5-6-15(4-2)17(9-13)21-19(24)20-11-14-10-18(23)22(12-14)16-7-8-16/h5-6,9,14,16H,3-4,7-8,10-12H2,1-2H3,(H2,20,21,24)/t14-/m1/s1. The third-order valence-corrected chi connectivity index (χ3v) is 4.99. The molecule has 0 unspecified atom stereocenters. The molecule has 5 heteroatoms. The summed E-state index contributed by atoms with van der Waals surface area (Å²) in [5, 5.41) is 5.90. The van der Waals surface area contributed by atoms with Crippen molar-refractivity contribution in [2.75, 3.05) is 18.4 Å². The molecule has 0 radical (unpaired) electrons. The first kappa shape index (κ1) is 16.8. The summed E-state index contributed by atoms with van der Waals surface area (Å²) in [7, 11) is 0. The van der Waals surface area contributed by atoms with Gasteiger partial charge in [0.05, 0.1) is 0 Å². The van der Waals surface area contributed by atoms with Crippen LogP contribution in [0.25, 0.3) is 0 Å². The Kier molecular flexibility index (Phi) is 5.07. The largest absolute Gasteiger partial charge is 0.339 e. The van der Waals surface area contributed by atoms with E-state index in [0.29, 0.717) is 19.0 Å². The summed E-state index contributed by atoms with van der Waals surface area (Å²) in [5.74, 6) is 0.477. The maximum atomic E-state index is 12.2. The zero-order valence-electron chi connectivity index (χ0n) is 14.6. The summed E-state index contributed by atoms with van der Waals surface area (Å²) in [6, 6.07) is 6.53. The molecule has 1 saturated heterocycles. The van der Waals surface area contributed by atoms with E-state index in [1.54, 1.807) is 0 Å². The molecular weight excluding hydrogens is 302 g/mol. The molecular formula is C19H27N3O2. The lowest BCUT2D eigenvalue weighted by Gasteiger charge is -2.16. The van der Waals surface area contributed by atoms with Crippen LogP contribution >= 0.6 is 0 Å². The van der Waals surface area contributed by atoms with Gasteiger partial charge in [-0.2, -0.15) is 0 Å². The van der Waals surface area contributed by atoms with Gasteiger partial charge in [0, 0.05) is 37.2 Å². The molecule has 2 N–H and O–H groups in total. The molecule has 130 valence electrons. The molecule has 0 aromatic heterocycles. The van der Waals surface area contributed by atoms with E-state index in [4.69, 9.17) is 0 Å². The van der Waals surface area contributed by atoms with Crippen LogP contribution in [0, 0.1) is 5.92 Å². The van der Waals surface area contributed by atoms with E-state index in [9.17, 15) is 9.59 Å². The number of aryl methyl sites for hydroxylation is 2. The Hall–Kier alpha value is -2.04. The first-order valence-electron chi connectivity index (χ1n) is 9.06. The number of likely N-dealkylation sites (tertiary alicyclic amines) is 1. The van der Waals surface area contributed by atoms with Gasteiger partial charge >= 0.3 is 6.03 Å². The molecule has 1 atom stereocenters. The molecule has 3 amide bonds. The van der Waals surface area contributed by atoms with Crippen LogP contribution in [0.1, 0.15) is 44.2 Å². The molecule has 1 heterocycles. The number of urea groups is 1. The molecule has 1 aromatic rings. The minimum Gasteiger partial charge on any atom is -0.339 e. The van der Waals surface area contributed by atoms with Crippen LogP contribution in [0.2, 0.25) is 0 Å². The highest BCUT2D eigenvalue weighted by Crippen LogP contribution is 2.32. The van der Waals surface area contributed by atoms with Gasteiger partial charge in [-0.05, 0) is 42.9 Å². The SMILES string of the molecule is CCc1ccc(CC)c(NC(=O)NC[C@H]2CC(=O)N(C3CC3)C2)c1. The molecule has 1 saturated carbocycles. The Morgan fingerprint density at radius 1 is 1.25 bits per heavy atom. The quantitative estimate of drug-likeness (QED) is 0.843. The minimum absolute atomic E-state index is 0.185. The molecule has 2 aliphatic rings. The number of anilines is 1. The number of carbonyl (C=O) groups excluding carboxylic acids is 2. The third-order valence-electron chi connectivity index (χ3n) is 4.99. The van der Waals surface area contributed by atoms with Crippen LogP contribution < -0.4 is 10.6 Å². The highest BCUT2D eigenvalue weighted by atomic mass is 16.2. The van der Waals surface area contributed by atoms with E-state index in [0.717, 1.165) is 43.5 Å². The fourth-order valence-corrected chi connectivity index (χ4v) is 3.36. The third kappa shape index (κ3) is 3.89. The summed E-state index contributed by atoms with van der Waals surface area (Å²) < 4.78 is 0. The van der Waals surface area contributed by atoms with Crippen molar-refractivity contribution in [2.24, 2.45) is 5.92 Å². The van der Waals surface area contributed by atoms with E-state index < -0.39 is 0 Å². The highest BCUT2D eigenvalue weighted by Gasteiger charge is 2.39. The minimum atomic E-state index is -0.185. The van der Waals surface area contributed by atoms with E-state index in [1.165, 1.54) is 5.56 Å². The zero-order valence-corrected chi connectivity index (χ0v) is 14.6. The zero-order chi connectivity index (χ0) is 17.1. The predicted octanol–water partition coefficient (Wildman–Crippen LogP) is 2.94. The number of hydrogen-bond acceptors (Lipinski definition) is 2. The van der Waals surface area contributed by atoms with E-state index in [1.807, 2.05) is 11.0 Å². The van der Waals surface area contributed by atoms with Gasteiger partial charge in [0.15, 0.2) is 0 Å². The summed E-state index contributed by atoms with van der Waals surface area (Å²) in [5.41, 5.74) is 3.23. The maximum Gasteiger partial charge on any atom is 0.319 e. The lowest BCUT2D eigenvalue weighted by atomic mass is 10.1. The molecule has 1 aliphatic carbocycles. The second kappa shape index (κ2) is 7.24. The topological polar surface area (TPSA) is 61.4 Å². The van der Waals surface area contributed by atoms with Gasteiger partial charge in [-0.25, -0.2) is 4.79 Å². The molecule has 2 fully saturated rings. The van der Waals surface area contributed by atoms with Crippen LogP contribution in [-0.4, -0.2) is 36.0 Å². The van der Waals surface area contributed by atoms with Gasteiger partial charge in [0.25, 0.3) is 0 Å². The molecule has 24 heavy (non-hydrogen) atoms. The van der Waals surface area contributed by atoms with Crippen molar-refractivity contribution in [3.05, 3.63) is 29.3 Å². The number of benzene rings is 1. The van der Waals surface area contributed by atoms with E-state index >= 15 is 0 Å². The lowest BCUT2D eigenvalue weighted by Crippen LogP contribution is -2.34. The smallest absolute Gasteiger partial charge is 0.319 e. The number of rotatable bonds is 6. The summed E-state index contributed by atoms with van der Waals surface area (Å²) >= 11 is 0. The Morgan fingerprint density at radius 2 is 2.04 bits per heavy atom. The average Bonchev–Trinajstić information content (AvgIpc) is 3.35. The monoisotopic (exact) mass is 329 g/mol. The van der Waals surface area contributed by atoms with Crippen molar-refractivity contribution < 1.29 is 9.59 Å². The Labute approximate surface area is 143 Å². The maximum absolute atomic E-state index is 12.2. The Bertz CT molecular complexity index is 625. The number of carbonyl (C=O) groups is 2. The summed E-state index contributed by atoms with van der Waals surface area (Å²) in [4.78, 5) is 26.2. The Balaban J connectivity index is 1.52. The van der Waals surface area contributed by atoms with Crippen LogP contribution in [0.3, 0.4) is 0 Å². The van der Waals surface area contributed by atoms with Crippen LogP contribution in [-0.2, 0) is 17.6 Å². The van der Waals surface area contributed by atoms with Gasteiger partial charge in [-0.1, -0.05) is 26.0 Å². The van der Waals surface area contributed by atoms with Crippen LogP contribution in [0.4, 0.5) is 10.5 Å². The van der Waals surface area contributed by atoms with Gasteiger partial charge < -0.3 is 15.5 Å². The van der Waals surface area contributed by atoms with Crippen molar-refractivity contribution in [3.63, 3.8) is 0 Å². The average molecular weight is 329 g/mol. The van der Waals surface area contributed by atoms with Crippen molar-refractivity contribution in [1.29, 1.82) is 0 Å². The van der Waals surface area contributed by atoms with Crippen molar-refractivity contribution in [2.45, 2.75) is 52.0 Å². The highest BCUT2D eigenvalue weighted by molar-refractivity contribution is 5.90. The fourth-order valence-electron chi connectivity index (χ4n) is 3.36. The summed E-state index contributed by atoms with van der Waals surface area (Å²) in [6.45, 7) is 5.53. The Morgan fingerprint density at radius 3 is 2.71 bits per heavy atom. The number of nitrogens with zero attached hydrogens (tertiary/aromatic N) is 1. The van der Waals surface area contributed by atoms with Gasteiger partial charge in [-0.3, -0.25) is 4.79 Å². The van der Waals surface area contributed by atoms with Gasteiger partial charge in [0.1, 0.15) is 0 Å². The van der Waals surface area contributed by atoms with E-state index in [2.05, 4.69) is 36.6 Å². The number of amides is 3. The summed E-state index contributed by atoms with van der Waals surface area (Å²) in [6.07, 6.45) is 4.66. The molecule has 0 bridgehead atoms. The lowest BCUT2D eigenvalue weighted by molar-refractivity contribution is -0.128. The van der Waals surface area contributed by atoms with Crippen molar-refractivity contribution in [1.82, 2.24) is 10.2 Å². The molecule has 5 nitrogen and oxygen atoms in total. The van der Waals surface area contributed by atoms with E-state index in [-0.39, 0.29) is 17.9 Å². The normalized spacial score (nSPS) is 20.3. The fraction of sp³-hybridized carbons (Fsp3) is 0.579. The number of nitrogens with one attached hydrogen (secondary N) is 2.